The third-order valence-corrected chi connectivity index (χ3v) is 8.35. The topological polar surface area (TPSA) is 127 Å². The van der Waals surface area contributed by atoms with Crippen LogP contribution in [0.3, 0.4) is 0 Å². The molecule has 1 N–H and O–H groups in total. The zero-order valence-corrected chi connectivity index (χ0v) is 28.8. The smallest absolute Gasteiger partial charge is 0.416 e. The van der Waals surface area contributed by atoms with E-state index in [4.69, 9.17) is 14.7 Å². The Morgan fingerprint density at radius 3 is 2.20 bits per heavy atom. The molecule has 4 rings (SSSR count). The van der Waals surface area contributed by atoms with E-state index >= 15 is 0 Å². The van der Waals surface area contributed by atoms with Crippen LogP contribution in [0, 0.1) is 11.3 Å². The molecule has 0 radical (unpaired) electrons. The molecule has 10 nitrogen and oxygen atoms in total. The fourth-order valence-corrected chi connectivity index (χ4v) is 5.74. The number of unbranched alkanes of at least 4 members (excludes halogenated alkanes) is 1. The van der Waals surface area contributed by atoms with Crippen LogP contribution in [0.25, 0.3) is 0 Å². The summed E-state index contributed by atoms with van der Waals surface area (Å²) >= 11 is 0. The Labute approximate surface area is 303 Å². The number of hydrogen-bond donors (Lipinski definition) is 1. The molecule has 3 aromatic rings. The molecule has 1 aromatic heterocycles. The van der Waals surface area contributed by atoms with Crippen LogP contribution in [0.1, 0.15) is 85.0 Å². The molecule has 0 saturated carbocycles. The summed E-state index contributed by atoms with van der Waals surface area (Å²) in [6.45, 7) is 1.47. The number of nitrogens with zero attached hydrogens (tertiary/aromatic N) is 4. The van der Waals surface area contributed by atoms with Crippen molar-refractivity contribution in [3.8, 4) is 11.8 Å². The molecule has 0 bridgehead atoms. The average Bonchev–Trinajstić information content (AvgIpc) is 3.10. The van der Waals surface area contributed by atoms with Gasteiger partial charge in [0.2, 0.25) is 5.95 Å². The van der Waals surface area contributed by atoms with Crippen molar-refractivity contribution in [1.82, 2.24) is 9.97 Å². The number of aromatic nitrogens is 2. The van der Waals surface area contributed by atoms with Crippen molar-refractivity contribution in [3.05, 3.63) is 76.1 Å². The summed E-state index contributed by atoms with van der Waals surface area (Å²) in [5.41, 5.74) is -4.65. The predicted molar refractivity (Wildman–Crippen MR) is 173 cm³/mol. The van der Waals surface area contributed by atoms with E-state index < -0.39 is 71.3 Å². The first-order valence-electron chi connectivity index (χ1n) is 16.5. The van der Waals surface area contributed by atoms with E-state index in [0.29, 0.717) is 18.6 Å². The van der Waals surface area contributed by atoms with Gasteiger partial charge in [-0.05, 0) is 73.2 Å². The van der Waals surface area contributed by atoms with Crippen molar-refractivity contribution in [2.24, 2.45) is 0 Å². The summed E-state index contributed by atoms with van der Waals surface area (Å²) in [7, 11) is 1.20. The number of nitriles is 1. The van der Waals surface area contributed by atoms with Gasteiger partial charge in [-0.25, -0.2) is 14.8 Å². The fourth-order valence-electron chi connectivity index (χ4n) is 5.74. The molecule has 1 amide bonds. The lowest BCUT2D eigenvalue weighted by molar-refractivity contribution is -0.143. The maximum Gasteiger partial charge on any atom is 0.416 e. The summed E-state index contributed by atoms with van der Waals surface area (Å²) in [5, 5.41) is 11.8. The van der Waals surface area contributed by atoms with Gasteiger partial charge in [-0.3, -0.25) is 9.69 Å². The van der Waals surface area contributed by atoms with Crippen LogP contribution in [-0.2, 0) is 39.2 Å². The van der Waals surface area contributed by atoms with Crippen molar-refractivity contribution in [3.63, 3.8) is 0 Å². The summed E-state index contributed by atoms with van der Waals surface area (Å²) < 4.78 is 139. The number of anilines is 2. The van der Waals surface area contributed by atoms with E-state index in [2.05, 4.69) is 20.0 Å². The number of methoxy groups -OCH3 is 1. The number of hydrogen-bond acceptors (Lipinski definition) is 9. The van der Waals surface area contributed by atoms with Crippen LogP contribution in [-0.4, -0.2) is 48.4 Å². The minimum Gasteiger partial charge on any atom is -0.490 e. The van der Waals surface area contributed by atoms with Crippen molar-refractivity contribution < 1.29 is 63.3 Å². The summed E-state index contributed by atoms with van der Waals surface area (Å²) in [6.07, 6.45) is -14.7. The van der Waals surface area contributed by atoms with Crippen LogP contribution in [0.15, 0.2) is 42.6 Å². The van der Waals surface area contributed by atoms with Gasteiger partial charge >= 0.3 is 30.6 Å². The Bertz CT molecular complexity index is 1810. The number of carbonyl (C=O) groups is 2. The predicted octanol–water partition coefficient (Wildman–Crippen LogP) is 9.04. The number of ether oxygens (including phenoxy) is 3. The van der Waals surface area contributed by atoms with E-state index in [-0.39, 0.29) is 80.0 Å². The first kappa shape index (κ1) is 41.5. The Kier molecular flexibility index (Phi) is 13.2. The molecule has 19 heteroatoms. The number of rotatable bonds is 13. The third-order valence-electron chi connectivity index (χ3n) is 8.35. The maximum absolute atomic E-state index is 13.9. The van der Waals surface area contributed by atoms with E-state index in [1.165, 1.54) is 12.0 Å². The highest BCUT2D eigenvalue weighted by atomic mass is 19.4. The molecular formula is C35H34F9N5O5. The number of benzene rings is 2. The van der Waals surface area contributed by atoms with Gasteiger partial charge in [0.1, 0.15) is 0 Å². The Balaban J connectivity index is 1.73. The van der Waals surface area contributed by atoms with Crippen LogP contribution >= 0.6 is 0 Å². The number of fused-ring (bicyclic) bond motifs is 1. The van der Waals surface area contributed by atoms with E-state index in [1.54, 1.807) is 6.92 Å². The van der Waals surface area contributed by atoms with Gasteiger partial charge < -0.3 is 19.5 Å². The van der Waals surface area contributed by atoms with Gasteiger partial charge in [0, 0.05) is 25.3 Å². The van der Waals surface area contributed by atoms with E-state index in [9.17, 15) is 49.1 Å². The lowest BCUT2D eigenvalue weighted by Crippen LogP contribution is -2.46. The van der Waals surface area contributed by atoms with Crippen LogP contribution in [0.2, 0.25) is 0 Å². The molecule has 292 valence electrons. The largest absolute Gasteiger partial charge is 0.490 e. The van der Waals surface area contributed by atoms with Gasteiger partial charge in [0.25, 0.3) is 0 Å². The molecule has 0 aliphatic carbocycles. The summed E-state index contributed by atoms with van der Waals surface area (Å²) in [6, 6.07) is 4.07. The van der Waals surface area contributed by atoms with Crippen molar-refractivity contribution in [2.75, 3.05) is 30.5 Å². The van der Waals surface area contributed by atoms with E-state index in [1.807, 2.05) is 6.07 Å². The fraction of sp³-hybridized carbons (Fsp3) is 0.457. The molecule has 2 aromatic carbocycles. The minimum atomic E-state index is -5.12. The molecule has 0 saturated heterocycles. The van der Waals surface area contributed by atoms with Crippen LogP contribution < -0.4 is 15.0 Å². The molecule has 2 heterocycles. The molecule has 0 fully saturated rings. The quantitative estimate of drug-likeness (QED) is 0.103. The van der Waals surface area contributed by atoms with Gasteiger partial charge in [0.15, 0.2) is 5.75 Å². The molecule has 2 atom stereocenters. The second-order valence-electron chi connectivity index (χ2n) is 12.1. The first-order chi connectivity index (χ1) is 25.3. The second kappa shape index (κ2) is 17.2. The van der Waals surface area contributed by atoms with E-state index in [0.717, 1.165) is 24.4 Å². The molecule has 54 heavy (non-hydrogen) atoms. The van der Waals surface area contributed by atoms with Gasteiger partial charge in [-0.2, -0.15) is 44.8 Å². The third kappa shape index (κ3) is 10.7. The van der Waals surface area contributed by atoms with Crippen LogP contribution in [0.5, 0.6) is 5.75 Å². The monoisotopic (exact) mass is 775 g/mol. The molecule has 1 aliphatic rings. The SMILES string of the molecule is CC[C@@H]1C[C@H](Nc2ncc(OCCCC#N)c(Cc3cc(C(F)(F)F)cc(C(F)(F)F)c3)n2)c2cc(C(F)(F)F)ccc2N1C(=O)OCCCC(=O)OC. The zero-order valence-electron chi connectivity index (χ0n) is 28.8. The maximum atomic E-state index is 13.9. The standard InChI is InChI=1S/C35H34F9N5O5/c1-3-24-18-26(25-17-21(33(36,37)38)8-9-28(25)49(24)32(51)54-12-6-7-30(50)52-2)47-31-46-19-29(53-11-5-4-10-45)27(48-31)15-20-13-22(34(39,40)41)16-23(14-20)35(42,43)44/h8-9,13-14,16-17,19,24,26H,3-7,11-12,15,18H2,1-2H3,(H,46,47,48)/t24-,26+/m1/s1. The lowest BCUT2D eigenvalue weighted by atomic mass is 9.89. The number of halogens is 9. The number of carbonyl (C=O) groups excluding carboxylic acids is 2. The number of alkyl halides is 9. The molecule has 0 unspecified atom stereocenters. The van der Waals surface area contributed by atoms with Gasteiger partial charge in [-0.1, -0.05) is 6.92 Å². The number of esters is 1. The highest BCUT2D eigenvalue weighted by Crippen LogP contribution is 2.43. The highest BCUT2D eigenvalue weighted by molar-refractivity contribution is 5.90. The Morgan fingerprint density at radius 1 is 0.944 bits per heavy atom. The van der Waals surface area contributed by atoms with Gasteiger partial charge in [0.05, 0.1) is 66.7 Å². The minimum absolute atomic E-state index is 0.00397. The van der Waals surface area contributed by atoms with Crippen LogP contribution in [0.4, 0.5) is 55.9 Å². The van der Waals surface area contributed by atoms with Crippen molar-refractivity contribution in [2.45, 2.75) is 82.5 Å². The summed E-state index contributed by atoms with van der Waals surface area (Å²) in [5.74, 6) is -0.890. The average molecular weight is 776 g/mol. The van der Waals surface area contributed by atoms with Crippen molar-refractivity contribution >= 4 is 23.7 Å². The highest BCUT2D eigenvalue weighted by Gasteiger charge is 2.40. The first-order valence-corrected chi connectivity index (χ1v) is 16.5. The number of nitrogens with one attached hydrogen (secondary N) is 1. The second-order valence-corrected chi connectivity index (χ2v) is 12.1. The zero-order chi connectivity index (χ0) is 39.8. The molecule has 1 aliphatic heterocycles. The number of amides is 1. The normalized spacial score (nSPS) is 15.9. The van der Waals surface area contributed by atoms with Crippen molar-refractivity contribution in [1.29, 1.82) is 5.26 Å². The Hall–Kier alpha value is -5.28. The molecular weight excluding hydrogens is 741 g/mol. The summed E-state index contributed by atoms with van der Waals surface area (Å²) in [4.78, 5) is 34.4. The Morgan fingerprint density at radius 2 is 1.61 bits per heavy atom. The lowest BCUT2D eigenvalue weighted by Gasteiger charge is -2.40. The molecule has 0 spiro atoms. The van der Waals surface area contributed by atoms with Gasteiger partial charge in [-0.15, -0.1) is 0 Å².